The lowest BCUT2D eigenvalue weighted by molar-refractivity contribution is -0.306. The van der Waals surface area contributed by atoms with Crippen molar-refractivity contribution >= 4 is 5.97 Å². The number of aliphatic carboxylic acids is 1. The molecule has 1 aliphatic rings. The summed E-state index contributed by atoms with van der Waals surface area (Å²) >= 11 is 0. The maximum atomic E-state index is 11.2. The van der Waals surface area contributed by atoms with Crippen LogP contribution >= 0.6 is 0 Å². The molecule has 2 rings (SSSR count). The van der Waals surface area contributed by atoms with Crippen LogP contribution in [0.4, 0.5) is 0 Å². The van der Waals surface area contributed by atoms with Crippen LogP contribution in [-0.2, 0) is 9.53 Å². The third kappa shape index (κ3) is 3.97. The van der Waals surface area contributed by atoms with Gasteiger partial charge >= 0.3 is 0 Å². The molecule has 1 fully saturated rings. The zero-order valence-electron chi connectivity index (χ0n) is 12.9. The summed E-state index contributed by atoms with van der Waals surface area (Å²) in [7, 11) is 1.61. The number of para-hydroxylation sites is 1. The van der Waals surface area contributed by atoms with Gasteiger partial charge in [-0.2, -0.15) is 0 Å². The van der Waals surface area contributed by atoms with Gasteiger partial charge in [0.15, 0.2) is 0 Å². The molecule has 116 valence electrons. The van der Waals surface area contributed by atoms with E-state index >= 15 is 0 Å². The number of benzene rings is 1. The van der Waals surface area contributed by atoms with E-state index in [4.69, 9.17) is 9.47 Å². The first-order chi connectivity index (χ1) is 9.93. The van der Waals surface area contributed by atoms with Gasteiger partial charge in [-0.05, 0) is 56.6 Å². The Morgan fingerprint density at radius 1 is 1.48 bits per heavy atom. The Kier molecular flexibility index (Phi) is 4.88. The van der Waals surface area contributed by atoms with Crippen LogP contribution in [0.1, 0.15) is 44.6 Å². The minimum absolute atomic E-state index is 0.0150. The van der Waals surface area contributed by atoms with E-state index in [1.165, 1.54) is 0 Å². The largest absolute Gasteiger partial charge is 0.550 e. The third-order valence-electron chi connectivity index (χ3n) is 4.23. The summed E-state index contributed by atoms with van der Waals surface area (Å²) in [6.07, 6.45) is 1.71. The van der Waals surface area contributed by atoms with E-state index in [9.17, 15) is 9.90 Å². The maximum Gasteiger partial charge on any atom is 0.122 e. The van der Waals surface area contributed by atoms with E-state index in [0.717, 1.165) is 24.2 Å². The molecule has 1 aliphatic heterocycles. The second-order valence-corrected chi connectivity index (χ2v) is 6.29. The van der Waals surface area contributed by atoms with Gasteiger partial charge in [0.05, 0.1) is 12.7 Å². The van der Waals surface area contributed by atoms with Crippen molar-refractivity contribution in [1.29, 1.82) is 0 Å². The van der Waals surface area contributed by atoms with Crippen molar-refractivity contribution in [2.45, 2.75) is 44.6 Å². The van der Waals surface area contributed by atoms with Crippen LogP contribution in [0.2, 0.25) is 0 Å². The smallest absolute Gasteiger partial charge is 0.122 e. The number of rotatable bonds is 5. The predicted molar refractivity (Wildman–Crippen MR) is 78.1 cm³/mol. The summed E-state index contributed by atoms with van der Waals surface area (Å²) < 4.78 is 11.2. The van der Waals surface area contributed by atoms with E-state index in [2.05, 4.69) is 13.8 Å². The number of methoxy groups -OCH3 is 1. The zero-order chi connectivity index (χ0) is 15.5. The standard InChI is InChI=1S/C17H24O4/c1-17(2)11-12(8-9-21-17)14(10-16(18)19)13-6-4-5-7-15(13)20-3/h4-7,12,14H,8-11H2,1-3H3,(H,18,19)/p-1. The lowest BCUT2D eigenvalue weighted by Gasteiger charge is -2.40. The highest BCUT2D eigenvalue weighted by molar-refractivity contribution is 5.66. The van der Waals surface area contributed by atoms with Crippen LogP contribution < -0.4 is 9.84 Å². The predicted octanol–water partition coefficient (Wildman–Crippen LogP) is 2.12. The van der Waals surface area contributed by atoms with E-state index in [-0.39, 0.29) is 23.9 Å². The molecule has 0 radical (unpaired) electrons. The van der Waals surface area contributed by atoms with Crippen LogP contribution in [-0.4, -0.2) is 25.3 Å². The quantitative estimate of drug-likeness (QED) is 0.834. The second kappa shape index (κ2) is 6.48. The molecule has 1 aromatic carbocycles. The van der Waals surface area contributed by atoms with E-state index < -0.39 is 5.97 Å². The lowest BCUT2D eigenvalue weighted by atomic mass is 9.75. The van der Waals surface area contributed by atoms with E-state index in [1.807, 2.05) is 24.3 Å². The van der Waals surface area contributed by atoms with Crippen LogP contribution in [0, 0.1) is 5.92 Å². The number of carbonyl (C=O) groups excluding carboxylic acids is 1. The molecule has 2 atom stereocenters. The summed E-state index contributed by atoms with van der Waals surface area (Å²) in [6, 6.07) is 7.65. The summed E-state index contributed by atoms with van der Waals surface area (Å²) in [6.45, 7) is 4.77. The summed E-state index contributed by atoms with van der Waals surface area (Å²) in [5, 5.41) is 11.2. The van der Waals surface area contributed by atoms with Crippen molar-refractivity contribution in [2.24, 2.45) is 5.92 Å². The molecular weight excluding hydrogens is 268 g/mol. The molecular formula is C17H23O4-. The number of hydrogen-bond acceptors (Lipinski definition) is 4. The minimum Gasteiger partial charge on any atom is -0.550 e. The molecule has 4 heteroatoms. The van der Waals surface area contributed by atoms with Crippen LogP contribution in [0.3, 0.4) is 0 Å². The molecule has 21 heavy (non-hydrogen) atoms. The Bertz CT molecular complexity index is 495. The lowest BCUT2D eigenvalue weighted by Crippen LogP contribution is -2.38. The SMILES string of the molecule is COc1ccccc1C(CC(=O)[O-])C1CCOC(C)(C)C1. The van der Waals surface area contributed by atoms with Gasteiger partial charge in [0.2, 0.25) is 0 Å². The molecule has 1 aromatic rings. The van der Waals surface area contributed by atoms with Crippen LogP contribution in [0.25, 0.3) is 0 Å². The van der Waals surface area contributed by atoms with Crippen molar-refractivity contribution in [3.05, 3.63) is 29.8 Å². The van der Waals surface area contributed by atoms with E-state index in [1.54, 1.807) is 7.11 Å². The first-order valence-corrected chi connectivity index (χ1v) is 7.39. The molecule has 0 spiro atoms. The van der Waals surface area contributed by atoms with Crippen molar-refractivity contribution in [3.63, 3.8) is 0 Å². The maximum absolute atomic E-state index is 11.2. The monoisotopic (exact) mass is 291 g/mol. The first-order valence-electron chi connectivity index (χ1n) is 7.39. The Hall–Kier alpha value is -1.55. The molecule has 0 aliphatic carbocycles. The third-order valence-corrected chi connectivity index (χ3v) is 4.23. The van der Waals surface area contributed by atoms with Crippen molar-refractivity contribution in [3.8, 4) is 5.75 Å². The second-order valence-electron chi connectivity index (χ2n) is 6.29. The van der Waals surface area contributed by atoms with Gasteiger partial charge in [-0.15, -0.1) is 0 Å². The molecule has 0 aromatic heterocycles. The highest BCUT2D eigenvalue weighted by Gasteiger charge is 2.35. The zero-order valence-corrected chi connectivity index (χ0v) is 12.9. The fourth-order valence-electron chi connectivity index (χ4n) is 3.31. The fourth-order valence-corrected chi connectivity index (χ4v) is 3.31. The molecule has 2 unspecified atom stereocenters. The normalized spacial score (nSPS) is 22.5. The average molecular weight is 291 g/mol. The molecule has 1 heterocycles. The summed E-state index contributed by atoms with van der Waals surface area (Å²) in [4.78, 5) is 11.2. The fraction of sp³-hybridized carbons (Fsp3) is 0.588. The van der Waals surface area contributed by atoms with Crippen LogP contribution in [0.15, 0.2) is 24.3 Å². The molecule has 0 bridgehead atoms. The molecule has 0 N–H and O–H groups in total. The first kappa shape index (κ1) is 15.8. The summed E-state index contributed by atoms with van der Waals surface area (Å²) in [5.41, 5.74) is 0.738. The Labute approximate surface area is 126 Å². The van der Waals surface area contributed by atoms with E-state index in [0.29, 0.717) is 6.61 Å². The summed E-state index contributed by atoms with van der Waals surface area (Å²) in [5.74, 6) is -0.125. The highest BCUT2D eigenvalue weighted by Crippen LogP contribution is 2.42. The number of carbonyl (C=O) groups is 1. The molecule has 1 saturated heterocycles. The Balaban J connectivity index is 2.31. The average Bonchev–Trinajstić information content (AvgIpc) is 2.43. The van der Waals surface area contributed by atoms with Crippen molar-refractivity contribution in [2.75, 3.05) is 13.7 Å². The highest BCUT2D eigenvalue weighted by atomic mass is 16.5. The number of carboxylic acid groups (broad SMARTS) is 1. The number of ether oxygens (including phenoxy) is 2. The van der Waals surface area contributed by atoms with Crippen LogP contribution in [0.5, 0.6) is 5.75 Å². The Morgan fingerprint density at radius 3 is 2.81 bits per heavy atom. The van der Waals surface area contributed by atoms with Gasteiger partial charge in [-0.3, -0.25) is 0 Å². The van der Waals surface area contributed by atoms with Crippen molar-refractivity contribution in [1.82, 2.24) is 0 Å². The van der Waals surface area contributed by atoms with Gasteiger partial charge in [0.25, 0.3) is 0 Å². The number of carboxylic acids is 1. The molecule has 0 saturated carbocycles. The van der Waals surface area contributed by atoms with Gasteiger partial charge in [-0.25, -0.2) is 0 Å². The van der Waals surface area contributed by atoms with Gasteiger partial charge in [0, 0.05) is 12.6 Å². The van der Waals surface area contributed by atoms with Crippen molar-refractivity contribution < 1.29 is 19.4 Å². The number of hydrogen-bond donors (Lipinski definition) is 0. The topological polar surface area (TPSA) is 58.6 Å². The Morgan fingerprint density at radius 2 is 2.19 bits per heavy atom. The van der Waals surface area contributed by atoms with Gasteiger partial charge in [0.1, 0.15) is 5.75 Å². The minimum atomic E-state index is -1.02. The molecule has 0 amide bonds. The van der Waals surface area contributed by atoms with Gasteiger partial charge in [-0.1, -0.05) is 18.2 Å². The molecule has 4 nitrogen and oxygen atoms in total. The van der Waals surface area contributed by atoms with Gasteiger partial charge < -0.3 is 19.4 Å².